The molecule has 0 radical (unpaired) electrons. The lowest BCUT2D eigenvalue weighted by Crippen LogP contribution is -2.24. The van der Waals surface area contributed by atoms with Crippen molar-refractivity contribution >= 4 is 17.5 Å². The number of halogens is 1. The van der Waals surface area contributed by atoms with Gasteiger partial charge >= 0.3 is 0 Å². The number of unbranched alkanes of at least 4 members (excludes halogenated alkanes) is 1. The van der Waals surface area contributed by atoms with Crippen LogP contribution in [0.25, 0.3) is 0 Å². The average molecular weight is 462 g/mol. The molecular weight excluding hydrogens is 426 g/mol. The number of amides is 1. The summed E-state index contributed by atoms with van der Waals surface area (Å²) in [7, 11) is 0. The van der Waals surface area contributed by atoms with Crippen LogP contribution >= 0.6 is 11.6 Å². The second-order valence-electron chi connectivity index (χ2n) is 9.04. The minimum absolute atomic E-state index is 0.152. The van der Waals surface area contributed by atoms with E-state index in [1.807, 2.05) is 12.1 Å². The molecule has 0 aromatic heterocycles. The minimum atomic E-state index is -0.714. The first-order valence-corrected chi connectivity index (χ1v) is 12.2. The van der Waals surface area contributed by atoms with Gasteiger partial charge in [0, 0.05) is 18.0 Å². The smallest absolute Gasteiger partial charge is 0.220 e. The maximum Gasteiger partial charge on any atom is 0.220 e. The number of carbonyl (C=O) groups is 1. The standard InChI is InChI=1S/C26H36ClNO4/c27-21-6-5-7-23(16-21)32-18-22(29)14-12-20-13-15-25(30)24(20)8-3-1-2-4-9-26(31)28-17-19-10-11-19/h1,3,5-7,12,14,16,19-20,22,24-25,29-30H,2,4,8-11,13,15,17-18H2,(H,28,31)/b3-1-,14-12+/t20-,22+,24+,25-/m0/s1. The summed E-state index contributed by atoms with van der Waals surface area (Å²) in [6.07, 6.45) is 14.3. The monoisotopic (exact) mass is 461 g/mol. The van der Waals surface area contributed by atoms with Gasteiger partial charge in [-0.15, -0.1) is 0 Å². The van der Waals surface area contributed by atoms with E-state index in [1.165, 1.54) is 12.8 Å². The summed E-state index contributed by atoms with van der Waals surface area (Å²) in [5.41, 5.74) is 0. The third-order valence-electron chi connectivity index (χ3n) is 6.27. The number of benzene rings is 1. The number of allylic oxidation sites excluding steroid dienone is 3. The van der Waals surface area contributed by atoms with Gasteiger partial charge in [0.25, 0.3) is 0 Å². The Balaban J connectivity index is 1.33. The summed E-state index contributed by atoms with van der Waals surface area (Å²) >= 11 is 5.94. The topological polar surface area (TPSA) is 78.8 Å². The van der Waals surface area contributed by atoms with Crippen molar-refractivity contribution in [1.29, 1.82) is 0 Å². The zero-order valence-corrected chi connectivity index (χ0v) is 19.4. The van der Waals surface area contributed by atoms with Gasteiger partial charge in [0.15, 0.2) is 0 Å². The van der Waals surface area contributed by atoms with E-state index in [2.05, 4.69) is 17.5 Å². The van der Waals surface area contributed by atoms with Gasteiger partial charge in [-0.2, -0.15) is 0 Å². The number of nitrogens with one attached hydrogen (secondary N) is 1. The fourth-order valence-electron chi connectivity index (χ4n) is 4.13. The van der Waals surface area contributed by atoms with Gasteiger partial charge in [0.05, 0.1) is 6.10 Å². The van der Waals surface area contributed by atoms with Gasteiger partial charge in [0.1, 0.15) is 18.5 Å². The second kappa shape index (κ2) is 13.0. The summed E-state index contributed by atoms with van der Waals surface area (Å²) in [4.78, 5) is 11.8. The lowest BCUT2D eigenvalue weighted by molar-refractivity contribution is -0.121. The zero-order chi connectivity index (χ0) is 22.8. The van der Waals surface area contributed by atoms with Crippen LogP contribution in [0.2, 0.25) is 5.02 Å². The van der Waals surface area contributed by atoms with Crippen LogP contribution in [-0.4, -0.2) is 41.5 Å². The Kier molecular flexibility index (Phi) is 10.1. The predicted molar refractivity (Wildman–Crippen MR) is 128 cm³/mol. The molecule has 0 bridgehead atoms. The van der Waals surface area contributed by atoms with Gasteiger partial charge in [-0.1, -0.05) is 42.0 Å². The number of aliphatic hydroxyl groups is 2. The van der Waals surface area contributed by atoms with Crippen molar-refractivity contribution in [1.82, 2.24) is 5.32 Å². The van der Waals surface area contributed by atoms with E-state index in [0.29, 0.717) is 17.2 Å². The van der Waals surface area contributed by atoms with Crippen molar-refractivity contribution in [2.24, 2.45) is 17.8 Å². The molecular formula is C26H36ClNO4. The van der Waals surface area contributed by atoms with Gasteiger partial charge in [0.2, 0.25) is 5.91 Å². The lowest BCUT2D eigenvalue weighted by Gasteiger charge is -2.18. The molecule has 0 aliphatic heterocycles. The maximum atomic E-state index is 11.8. The lowest BCUT2D eigenvalue weighted by atomic mass is 9.90. The van der Waals surface area contributed by atoms with Crippen molar-refractivity contribution in [3.05, 3.63) is 53.6 Å². The van der Waals surface area contributed by atoms with Gasteiger partial charge in [-0.3, -0.25) is 4.79 Å². The van der Waals surface area contributed by atoms with E-state index < -0.39 is 6.10 Å². The van der Waals surface area contributed by atoms with E-state index in [0.717, 1.165) is 44.6 Å². The molecule has 2 aliphatic carbocycles. The summed E-state index contributed by atoms with van der Waals surface area (Å²) in [5.74, 6) is 1.90. The highest BCUT2D eigenvalue weighted by atomic mass is 35.5. The molecule has 5 nitrogen and oxygen atoms in total. The second-order valence-corrected chi connectivity index (χ2v) is 9.48. The minimum Gasteiger partial charge on any atom is -0.491 e. The van der Waals surface area contributed by atoms with E-state index in [9.17, 15) is 15.0 Å². The van der Waals surface area contributed by atoms with Gasteiger partial charge < -0.3 is 20.3 Å². The van der Waals surface area contributed by atoms with Crippen LogP contribution < -0.4 is 10.1 Å². The van der Waals surface area contributed by atoms with Crippen LogP contribution in [0.3, 0.4) is 0 Å². The molecule has 6 heteroatoms. The average Bonchev–Trinajstić information content (AvgIpc) is 3.54. The molecule has 176 valence electrons. The van der Waals surface area contributed by atoms with Crippen molar-refractivity contribution in [3.63, 3.8) is 0 Å². The van der Waals surface area contributed by atoms with Crippen LogP contribution in [0.15, 0.2) is 48.6 Å². The number of aliphatic hydroxyl groups excluding tert-OH is 2. The third kappa shape index (κ3) is 8.97. The molecule has 2 aliphatic rings. The number of hydrogen-bond acceptors (Lipinski definition) is 4. The van der Waals surface area contributed by atoms with Crippen molar-refractivity contribution < 1.29 is 19.7 Å². The molecule has 0 unspecified atom stereocenters. The first kappa shape index (κ1) is 24.8. The molecule has 1 amide bonds. The Morgan fingerprint density at radius 1 is 1.25 bits per heavy atom. The van der Waals surface area contributed by atoms with Crippen molar-refractivity contribution in [3.8, 4) is 5.75 Å². The first-order chi connectivity index (χ1) is 15.5. The highest BCUT2D eigenvalue weighted by Crippen LogP contribution is 2.36. The Labute approximate surface area is 196 Å². The van der Waals surface area contributed by atoms with Crippen LogP contribution in [0, 0.1) is 17.8 Å². The molecule has 4 atom stereocenters. The largest absolute Gasteiger partial charge is 0.491 e. The van der Waals surface area contributed by atoms with Crippen LogP contribution in [0.4, 0.5) is 0 Å². The Bertz CT molecular complexity index is 777. The molecule has 0 heterocycles. The first-order valence-electron chi connectivity index (χ1n) is 11.9. The molecule has 0 spiro atoms. The highest BCUT2D eigenvalue weighted by molar-refractivity contribution is 6.30. The normalized spacial score (nSPS) is 24.3. The molecule has 2 fully saturated rings. The molecule has 2 saturated carbocycles. The van der Waals surface area contributed by atoms with Gasteiger partial charge in [-0.05, 0) is 80.9 Å². The summed E-state index contributed by atoms with van der Waals surface area (Å²) < 4.78 is 5.59. The number of ether oxygens (including phenoxy) is 1. The van der Waals surface area contributed by atoms with Crippen molar-refractivity contribution in [2.45, 2.75) is 63.6 Å². The Morgan fingerprint density at radius 3 is 2.88 bits per heavy atom. The fraction of sp³-hybridized carbons (Fsp3) is 0.577. The summed E-state index contributed by atoms with van der Waals surface area (Å²) in [6, 6.07) is 7.10. The highest BCUT2D eigenvalue weighted by Gasteiger charge is 2.32. The molecule has 0 saturated heterocycles. The predicted octanol–water partition coefficient (Wildman–Crippen LogP) is 4.67. The molecule has 1 aromatic rings. The zero-order valence-electron chi connectivity index (χ0n) is 18.7. The number of rotatable bonds is 13. The fourth-order valence-corrected chi connectivity index (χ4v) is 4.31. The Morgan fingerprint density at radius 2 is 2.09 bits per heavy atom. The third-order valence-corrected chi connectivity index (χ3v) is 6.51. The number of hydrogen-bond donors (Lipinski definition) is 3. The molecule has 32 heavy (non-hydrogen) atoms. The van der Waals surface area contributed by atoms with Crippen LogP contribution in [-0.2, 0) is 4.79 Å². The van der Waals surface area contributed by atoms with Crippen molar-refractivity contribution in [2.75, 3.05) is 13.2 Å². The van der Waals surface area contributed by atoms with E-state index in [4.69, 9.17) is 16.3 Å². The summed E-state index contributed by atoms with van der Waals surface area (Å²) in [6.45, 7) is 0.996. The molecule has 3 N–H and O–H groups in total. The maximum absolute atomic E-state index is 11.8. The molecule has 3 rings (SSSR count). The van der Waals surface area contributed by atoms with E-state index in [-0.39, 0.29) is 30.5 Å². The SMILES string of the molecule is O=C(CCC/C=C\C[C@H]1[C@@H](O)CC[C@@H]1/C=C/[C@@H](O)COc1cccc(Cl)c1)NCC1CC1. The Hall–Kier alpha value is -1.82. The quantitative estimate of drug-likeness (QED) is 0.294. The number of carbonyl (C=O) groups excluding carboxylic acids is 1. The van der Waals surface area contributed by atoms with Crippen LogP contribution in [0.1, 0.15) is 51.4 Å². The molecule has 1 aromatic carbocycles. The van der Waals surface area contributed by atoms with E-state index in [1.54, 1.807) is 24.3 Å². The van der Waals surface area contributed by atoms with Crippen LogP contribution in [0.5, 0.6) is 5.75 Å². The summed E-state index contributed by atoms with van der Waals surface area (Å²) in [5, 5.41) is 24.2. The van der Waals surface area contributed by atoms with Gasteiger partial charge in [-0.25, -0.2) is 0 Å². The van der Waals surface area contributed by atoms with E-state index >= 15 is 0 Å².